The third kappa shape index (κ3) is 4.99. The first-order chi connectivity index (χ1) is 13.0. The van der Waals surface area contributed by atoms with Gasteiger partial charge in [-0.15, -0.1) is 0 Å². The second kappa shape index (κ2) is 9.02. The van der Waals surface area contributed by atoms with Crippen LogP contribution in [-0.4, -0.2) is 47.8 Å². The molecule has 1 aromatic carbocycles. The highest BCUT2D eigenvalue weighted by Gasteiger charge is 2.42. The van der Waals surface area contributed by atoms with E-state index in [0.29, 0.717) is 36.7 Å². The number of nitrogens with zero attached hydrogens (tertiary/aromatic N) is 1. The lowest BCUT2D eigenvalue weighted by atomic mass is 9.90. The first-order valence-corrected chi connectivity index (χ1v) is 10.1. The molecule has 3 rings (SSSR count). The molecule has 1 saturated carbocycles. The van der Waals surface area contributed by atoms with E-state index in [9.17, 15) is 14.3 Å². The van der Waals surface area contributed by atoms with Crippen molar-refractivity contribution in [2.24, 2.45) is 0 Å². The number of methoxy groups -OCH3 is 1. The molecule has 1 amide bonds. The summed E-state index contributed by atoms with van der Waals surface area (Å²) >= 11 is 0. The number of benzene rings is 1. The lowest BCUT2D eigenvalue weighted by Gasteiger charge is -2.39. The molecule has 0 spiro atoms. The first kappa shape index (κ1) is 20.1. The molecule has 0 bridgehead atoms. The summed E-state index contributed by atoms with van der Waals surface area (Å²) in [7, 11) is 1.53. The zero-order valence-corrected chi connectivity index (χ0v) is 16.2. The zero-order valence-electron chi connectivity index (χ0n) is 16.2. The number of piperidine rings is 1. The Morgan fingerprint density at radius 1 is 1.26 bits per heavy atom. The molecule has 2 aliphatic rings. The Labute approximate surface area is 160 Å². The molecule has 1 aliphatic heterocycles. The van der Waals surface area contributed by atoms with Gasteiger partial charge >= 0.3 is 0 Å². The van der Waals surface area contributed by atoms with Crippen LogP contribution in [0, 0.1) is 5.82 Å². The number of carbonyl (C=O) groups is 1. The molecule has 1 atom stereocenters. The number of hydrogen-bond donors (Lipinski definition) is 2. The van der Waals surface area contributed by atoms with Gasteiger partial charge in [0.05, 0.1) is 7.11 Å². The monoisotopic (exact) mass is 378 g/mol. The van der Waals surface area contributed by atoms with Crippen LogP contribution in [0.25, 0.3) is 0 Å². The van der Waals surface area contributed by atoms with E-state index in [1.807, 2.05) is 0 Å². The third-order valence-corrected chi connectivity index (χ3v) is 5.86. The number of amides is 1. The van der Waals surface area contributed by atoms with Crippen LogP contribution < -0.4 is 10.1 Å². The zero-order chi connectivity index (χ0) is 19.3. The summed E-state index contributed by atoms with van der Waals surface area (Å²) in [5.41, 5.74) is -0.997. The molecule has 5 nitrogen and oxygen atoms in total. The molecule has 1 aromatic rings. The SMILES string of the molecule is COc1ccc(F)c(CN2CCC[C@@](O)(CNC3CCCCCC3)C2=O)c1. The van der Waals surface area contributed by atoms with Crippen LogP contribution in [0.5, 0.6) is 5.75 Å². The van der Waals surface area contributed by atoms with Crippen LogP contribution >= 0.6 is 0 Å². The molecule has 0 unspecified atom stereocenters. The van der Waals surface area contributed by atoms with Crippen molar-refractivity contribution in [2.75, 3.05) is 20.2 Å². The van der Waals surface area contributed by atoms with Crippen molar-refractivity contribution < 1.29 is 19.0 Å². The highest BCUT2D eigenvalue weighted by Crippen LogP contribution is 2.26. The van der Waals surface area contributed by atoms with Gasteiger partial charge in [0.1, 0.15) is 11.6 Å². The van der Waals surface area contributed by atoms with Crippen molar-refractivity contribution in [3.05, 3.63) is 29.6 Å². The maximum Gasteiger partial charge on any atom is 0.256 e. The van der Waals surface area contributed by atoms with Crippen molar-refractivity contribution in [1.29, 1.82) is 0 Å². The Hall–Kier alpha value is -1.66. The molecule has 0 radical (unpaired) electrons. The van der Waals surface area contributed by atoms with Crippen LogP contribution in [0.3, 0.4) is 0 Å². The highest BCUT2D eigenvalue weighted by molar-refractivity contribution is 5.86. The minimum Gasteiger partial charge on any atom is -0.497 e. The molecule has 150 valence electrons. The third-order valence-electron chi connectivity index (χ3n) is 5.86. The number of aliphatic hydroxyl groups is 1. The van der Waals surface area contributed by atoms with E-state index in [-0.39, 0.29) is 24.8 Å². The fourth-order valence-electron chi connectivity index (χ4n) is 4.18. The lowest BCUT2D eigenvalue weighted by Crippen LogP contribution is -2.58. The summed E-state index contributed by atoms with van der Waals surface area (Å²) in [5, 5.41) is 14.4. The van der Waals surface area contributed by atoms with Crippen LogP contribution in [-0.2, 0) is 11.3 Å². The minimum absolute atomic E-state index is 0.146. The summed E-state index contributed by atoms with van der Waals surface area (Å²) in [5.74, 6) is -0.118. The molecule has 1 saturated heterocycles. The largest absolute Gasteiger partial charge is 0.497 e. The smallest absolute Gasteiger partial charge is 0.256 e. The average molecular weight is 378 g/mol. The van der Waals surface area contributed by atoms with Gasteiger partial charge in [-0.1, -0.05) is 25.7 Å². The van der Waals surface area contributed by atoms with Gasteiger partial charge in [-0.25, -0.2) is 4.39 Å². The van der Waals surface area contributed by atoms with Gasteiger partial charge in [-0.05, 0) is 43.9 Å². The summed E-state index contributed by atoms with van der Waals surface area (Å²) in [6.07, 6.45) is 8.29. The summed E-state index contributed by atoms with van der Waals surface area (Å²) in [4.78, 5) is 14.5. The molecule has 1 aliphatic carbocycles. The number of nitrogens with one attached hydrogen (secondary N) is 1. The predicted octanol–water partition coefficient (Wildman–Crippen LogP) is 3.00. The number of halogens is 1. The topological polar surface area (TPSA) is 61.8 Å². The number of hydrogen-bond acceptors (Lipinski definition) is 4. The van der Waals surface area contributed by atoms with Crippen molar-refractivity contribution in [3.8, 4) is 5.75 Å². The molecule has 2 N–H and O–H groups in total. The van der Waals surface area contributed by atoms with Gasteiger partial charge in [0.15, 0.2) is 5.60 Å². The van der Waals surface area contributed by atoms with Gasteiger partial charge in [0.25, 0.3) is 5.91 Å². The molecule has 6 heteroatoms. The Balaban J connectivity index is 1.64. The number of likely N-dealkylation sites (tertiary alicyclic amines) is 1. The van der Waals surface area contributed by atoms with Crippen LogP contribution in [0.1, 0.15) is 56.9 Å². The number of ether oxygens (including phenoxy) is 1. The van der Waals surface area contributed by atoms with E-state index in [1.54, 1.807) is 17.0 Å². The molecular weight excluding hydrogens is 347 g/mol. The van der Waals surface area contributed by atoms with E-state index >= 15 is 0 Å². The second-order valence-electron chi connectivity index (χ2n) is 7.89. The van der Waals surface area contributed by atoms with Crippen LogP contribution in [0.4, 0.5) is 4.39 Å². The minimum atomic E-state index is -1.40. The Morgan fingerprint density at radius 2 is 2.00 bits per heavy atom. The quantitative estimate of drug-likeness (QED) is 0.747. The Bertz CT molecular complexity index is 646. The Kier molecular flexibility index (Phi) is 6.71. The van der Waals surface area contributed by atoms with Crippen molar-refractivity contribution in [1.82, 2.24) is 10.2 Å². The fraction of sp³-hybridized carbons (Fsp3) is 0.667. The van der Waals surface area contributed by atoms with E-state index < -0.39 is 5.60 Å². The molecule has 0 aromatic heterocycles. The Morgan fingerprint density at radius 3 is 2.70 bits per heavy atom. The summed E-state index contributed by atoms with van der Waals surface area (Å²) in [6.45, 7) is 0.947. The fourth-order valence-corrected chi connectivity index (χ4v) is 4.18. The number of carbonyl (C=O) groups excluding carboxylic acids is 1. The van der Waals surface area contributed by atoms with E-state index in [0.717, 1.165) is 12.8 Å². The lowest BCUT2D eigenvalue weighted by molar-refractivity contribution is -0.157. The standard InChI is InChI=1S/C21H31FN2O3/c1-27-18-9-10-19(22)16(13-18)14-24-12-6-11-21(26,20(24)25)15-23-17-7-4-2-3-5-8-17/h9-10,13,17,23,26H,2-8,11-12,14-15H2,1H3/t21-/m1/s1. The molecular formula is C21H31FN2O3. The van der Waals surface area contributed by atoms with Gasteiger partial charge in [-0.2, -0.15) is 0 Å². The molecule has 2 fully saturated rings. The van der Waals surface area contributed by atoms with E-state index in [1.165, 1.54) is 38.9 Å². The van der Waals surface area contributed by atoms with Gasteiger partial charge in [-0.3, -0.25) is 4.79 Å². The van der Waals surface area contributed by atoms with Crippen molar-refractivity contribution in [2.45, 2.75) is 69.6 Å². The summed E-state index contributed by atoms with van der Waals surface area (Å²) < 4.78 is 19.3. The van der Waals surface area contributed by atoms with Gasteiger partial charge in [0.2, 0.25) is 0 Å². The van der Waals surface area contributed by atoms with E-state index in [2.05, 4.69) is 5.32 Å². The van der Waals surface area contributed by atoms with E-state index in [4.69, 9.17) is 4.74 Å². The molecule has 27 heavy (non-hydrogen) atoms. The summed E-state index contributed by atoms with van der Waals surface area (Å²) in [6, 6.07) is 4.89. The average Bonchev–Trinajstić information content (AvgIpc) is 2.94. The van der Waals surface area contributed by atoms with Gasteiger partial charge in [0, 0.05) is 31.2 Å². The second-order valence-corrected chi connectivity index (χ2v) is 7.89. The van der Waals surface area contributed by atoms with Gasteiger partial charge < -0.3 is 20.1 Å². The first-order valence-electron chi connectivity index (χ1n) is 10.1. The maximum absolute atomic E-state index is 14.1. The predicted molar refractivity (Wildman–Crippen MR) is 102 cm³/mol. The van der Waals surface area contributed by atoms with Crippen molar-refractivity contribution in [3.63, 3.8) is 0 Å². The normalized spacial score (nSPS) is 24.7. The van der Waals surface area contributed by atoms with Crippen LogP contribution in [0.2, 0.25) is 0 Å². The maximum atomic E-state index is 14.1. The van der Waals surface area contributed by atoms with Crippen molar-refractivity contribution >= 4 is 5.91 Å². The van der Waals surface area contributed by atoms with Crippen LogP contribution in [0.15, 0.2) is 18.2 Å². The highest BCUT2D eigenvalue weighted by atomic mass is 19.1. The molecule has 1 heterocycles. The number of rotatable bonds is 6.